The van der Waals surface area contributed by atoms with Gasteiger partial charge in [-0.15, -0.1) is 24.8 Å². The molecular formula is C31H33Cl2N3O. The molecule has 2 aliphatic rings. The summed E-state index contributed by atoms with van der Waals surface area (Å²) < 4.78 is 0. The zero-order valence-corrected chi connectivity index (χ0v) is 22.7. The van der Waals surface area contributed by atoms with Gasteiger partial charge in [0, 0.05) is 61.0 Å². The first kappa shape index (κ1) is 27.0. The highest BCUT2D eigenvalue weighted by Gasteiger charge is 2.28. The molecule has 0 saturated carbocycles. The average molecular weight is 535 g/mol. The van der Waals surface area contributed by atoms with E-state index >= 15 is 0 Å². The Bertz CT molecular complexity index is 1390. The second kappa shape index (κ2) is 11.6. The van der Waals surface area contributed by atoms with Crippen LogP contribution in [0.15, 0.2) is 84.9 Å². The van der Waals surface area contributed by atoms with E-state index in [4.69, 9.17) is 0 Å². The minimum absolute atomic E-state index is 0. The Balaban J connectivity index is 0.00000160. The molecule has 1 saturated heterocycles. The summed E-state index contributed by atoms with van der Waals surface area (Å²) in [7, 11) is 0. The first-order valence-electron chi connectivity index (χ1n) is 12.7. The van der Waals surface area contributed by atoms with Crippen molar-refractivity contribution in [1.82, 2.24) is 10.2 Å². The fourth-order valence-corrected chi connectivity index (χ4v) is 5.64. The van der Waals surface area contributed by atoms with Gasteiger partial charge in [-0.05, 0) is 40.6 Å². The second-order valence-electron chi connectivity index (χ2n) is 9.64. The van der Waals surface area contributed by atoms with E-state index in [1.807, 2.05) is 18.2 Å². The number of carbonyl (C=O) groups excluding carboxylic acids is 1. The minimum Gasteiger partial charge on any atom is -0.368 e. The summed E-state index contributed by atoms with van der Waals surface area (Å²) in [6.45, 7) is 7.06. The smallest absolute Gasteiger partial charge is 0.252 e. The molecule has 0 spiro atoms. The van der Waals surface area contributed by atoms with Crippen molar-refractivity contribution in [2.24, 2.45) is 0 Å². The molecule has 1 unspecified atom stereocenters. The van der Waals surface area contributed by atoms with Gasteiger partial charge in [0.05, 0.1) is 0 Å². The minimum atomic E-state index is 0. The number of amides is 1. The number of nitrogens with zero attached hydrogens (tertiary/aromatic N) is 2. The summed E-state index contributed by atoms with van der Waals surface area (Å²) in [6.07, 6.45) is 0.918. The zero-order valence-electron chi connectivity index (χ0n) is 21.0. The molecule has 37 heavy (non-hydrogen) atoms. The van der Waals surface area contributed by atoms with Gasteiger partial charge in [-0.2, -0.15) is 0 Å². The molecule has 192 valence electrons. The number of fused-ring (bicyclic) bond motifs is 5. The summed E-state index contributed by atoms with van der Waals surface area (Å²) in [4.78, 5) is 18.3. The molecule has 0 radical (unpaired) electrons. The zero-order chi connectivity index (χ0) is 23.8. The van der Waals surface area contributed by atoms with Gasteiger partial charge < -0.3 is 10.2 Å². The Morgan fingerprint density at radius 1 is 0.784 bits per heavy atom. The van der Waals surface area contributed by atoms with Gasteiger partial charge in [-0.25, -0.2) is 0 Å². The van der Waals surface area contributed by atoms with Crippen molar-refractivity contribution in [2.45, 2.75) is 19.4 Å². The van der Waals surface area contributed by atoms with E-state index in [0.717, 1.165) is 50.3 Å². The Morgan fingerprint density at radius 3 is 2.22 bits per heavy atom. The van der Waals surface area contributed by atoms with Crippen LogP contribution in [0.3, 0.4) is 0 Å². The van der Waals surface area contributed by atoms with Crippen LogP contribution in [0.25, 0.3) is 33.0 Å². The third kappa shape index (κ3) is 5.06. The maximum absolute atomic E-state index is 13.3. The van der Waals surface area contributed by atoms with Crippen LogP contribution in [-0.2, 0) is 0 Å². The molecule has 0 aromatic heterocycles. The molecular weight excluding hydrogens is 501 g/mol. The van der Waals surface area contributed by atoms with Gasteiger partial charge in [-0.1, -0.05) is 79.7 Å². The van der Waals surface area contributed by atoms with Gasteiger partial charge in [0.2, 0.25) is 0 Å². The van der Waals surface area contributed by atoms with Gasteiger partial charge >= 0.3 is 0 Å². The quantitative estimate of drug-likeness (QED) is 0.265. The van der Waals surface area contributed by atoms with E-state index in [9.17, 15) is 4.79 Å². The molecule has 1 aliphatic heterocycles. The van der Waals surface area contributed by atoms with E-state index in [1.54, 1.807) is 0 Å². The number of hydrogen-bond acceptors (Lipinski definition) is 3. The maximum atomic E-state index is 13.3. The standard InChI is InChI=1S/C31H31N3O.2ClH/c1-2-23(32-31(35)28-15-8-14-27-25-12-5-6-13-26(25)30(27)28)21-33-17-19-34(20-18-33)29-16-7-10-22-9-3-4-11-24(22)29;;/h3-16,23H,2,17-21H2,1H3,(H,32,35);2*1H. The van der Waals surface area contributed by atoms with Crippen molar-refractivity contribution in [3.05, 3.63) is 90.5 Å². The third-order valence-electron chi connectivity index (χ3n) is 7.58. The van der Waals surface area contributed by atoms with Crippen molar-refractivity contribution < 1.29 is 4.79 Å². The maximum Gasteiger partial charge on any atom is 0.252 e. The highest BCUT2D eigenvalue weighted by molar-refractivity contribution is 6.12. The van der Waals surface area contributed by atoms with Crippen LogP contribution in [0.1, 0.15) is 23.7 Å². The first-order chi connectivity index (χ1) is 17.2. The summed E-state index contributed by atoms with van der Waals surface area (Å²) in [5.74, 6) is 0.0394. The van der Waals surface area contributed by atoms with E-state index < -0.39 is 0 Å². The molecule has 1 heterocycles. The van der Waals surface area contributed by atoms with E-state index in [-0.39, 0.29) is 36.8 Å². The highest BCUT2D eigenvalue weighted by Crippen LogP contribution is 2.48. The fourth-order valence-electron chi connectivity index (χ4n) is 5.64. The lowest BCUT2D eigenvalue weighted by molar-refractivity contribution is 0.0922. The van der Waals surface area contributed by atoms with Crippen molar-refractivity contribution in [3.8, 4) is 22.3 Å². The van der Waals surface area contributed by atoms with E-state index in [0.29, 0.717) is 0 Å². The number of rotatable bonds is 6. The van der Waals surface area contributed by atoms with Gasteiger partial charge in [-0.3, -0.25) is 9.69 Å². The number of halogens is 2. The van der Waals surface area contributed by atoms with Gasteiger partial charge in [0.1, 0.15) is 0 Å². The Kier molecular flexibility index (Phi) is 8.43. The van der Waals surface area contributed by atoms with Crippen LogP contribution in [0.2, 0.25) is 0 Å². The monoisotopic (exact) mass is 533 g/mol. The molecule has 4 aromatic rings. The Labute approximate surface area is 231 Å². The number of hydrogen-bond donors (Lipinski definition) is 1. The largest absolute Gasteiger partial charge is 0.368 e. The van der Waals surface area contributed by atoms with Gasteiger partial charge in [0.15, 0.2) is 0 Å². The van der Waals surface area contributed by atoms with Crippen LogP contribution < -0.4 is 10.2 Å². The van der Waals surface area contributed by atoms with E-state index in [2.05, 4.69) is 88.8 Å². The SMILES string of the molecule is CCC(CN1CCN(c2cccc3ccccc23)CC1)NC(=O)c1cccc2c1-c1ccccc1-2.Cl.Cl. The van der Waals surface area contributed by atoms with Crippen molar-refractivity contribution in [2.75, 3.05) is 37.6 Å². The molecule has 6 heteroatoms. The van der Waals surface area contributed by atoms with Crippen LogP contribution in [-0.4, -0.2) is 49.6 Å². The molecule has 6 rings (SSSR count). The number of anilines is 1. The van der Waals surface area contributed by atoms with E-state index in [1.165, 1.54) is 33.2 Å². The number of carbonyl (C=O) groups is 1. The lowest BCUT2D eigenvalue weighted by atomic mass is 9.78. The van der Waals surface area contributed by atoms with Crippen molar-refractivity contribution in [1.29, 1.82) is 0 Å². The molecule has 1 fully saturated rings. The van der Waals surface area contributed by atoms with Crippen LogP contribution in [0.5, 0.6) is 0 Å². The number of benzene rings is 4. The average Bonchev–Trinajstić information content (AvgIpc) is 2.91. The number of nitrogens with one attached hydrogen (secondary N) is 1. The lowest BCUT2D eigenvalue weighted by Crippen LogP contribution is -2.51. The normalized spacial score (nSPS) is 14.9. The van der Waals surface area contributed by atoms with Crippen molar-refractivity contribution in [3.63, 3.8) is 0 Å². The number of piperazine rings is 1. The van der Waals surface area contributed by atoms with Crippen molar-refractivity contribution >= 4 is 47.2 Å². The lowest BCUT2D eigenvalue weighted by Gasteiger charge is -2.38. The van der Waals surface area contributed by atoms with Gasteiger partial charge in [0.25, 0.3) is 5.91 Å². The summed E-state index contributed by atoms with van der Waals surface area (Å²) in [5, 5.41) is 5.95. The third-order valence-corrected chi connectivity index (χ3v) is 7.58. The Morgan fingerprint density at radius 2 is 1.43 bits per heavy atom. The fraction of sp³-hybridized carbons (Fsp3) is 0.258. The second-order valence-corrected chi connectivity index (χ2v) is 9.64. The highest BCUT2D eigenvalue weighted by atomic mass is 35.5. The Hall–Kier alpha value is -3.05. The predicted molar refractivity (Wildman–Crippen MR) is 160 cm³/mol. The van der Waals surface area contributed by atoms with Crippen LogP contribution in [0.4, 0.5) is 5.69 Å². The first-order valence-corrected chi connectivity index (χ1v) is 12.7. The summed E-state index contributed by atoms with van der Waals surface area (Å²) in [5.41, 5.74) is 6.83. The molecule has 1 aliphatic carbocycles. The molecule has 1 atom stereocenters. The van der Waals surface area contributed by atoms with Crippen LogP contribution >= 0.6 is 24.8 Å². The topological polar surface area (TPSA) is 35.6 Å². The molecule has 4 nitrogen and oxygen atoms in total. The molecule has 1 amide bonds. The summed E-state index contributed by atoms with van der Waals surface area (Å²) >= 11 is 0. The predicted octanol–water partition coefficient (Wildman–Crippen LogP) is 6.66. The van der Waals surface area contributed by atoms with Crippen LogP contribution in [0, 0.1) is 0 Å². The molecule has 1 N–H and O–H groups in total. The molecule has 4 aromatic carbocycles. The summed E-state index contributed by atoms with van der Waals surface area (Å²) in [6, 6.07) is 29.7. The molecule has 0 bridgehead atoms.